The molecule has 73 valence electrons. The van der Waals surface area contributed by atoms with Gasteiger partial charge in [-0.25, -0.2) is 0 Å². The summed E-state index contributed by atoms with van der Waals surface area (Å²) in [5.41, 5.74) is 0. The fraction of sp³-hybridized carbons (Fsp3) is 0. The topological polar surface area (TPSA) is 57.2 Å². The van der Waals surface area contributed by atoms with Crippen LogP contribution in [0.5, 0.6) is 0 Å². The molecule has 0 aromatic rings. The van der Waals surface area contributed by atoms with Crippen molar-refractivity contribution < 1.29 is 96.1 Å². The van der Waals surface area contributed by atoms with Crippen LogP contribution in [0.15, 0.2) is 0 Å². The second-order valence-corrected chi connectivity index (χ2v) is 24.7. The summed E-state index contributed by atoms with van der Waals surface area (Å²) in [6.07, 6.45) is 0. The Morgan fingerprint density at radius 3 is 0.750 bits per heavy atom. The summed E-state index contributed by atoms with van der Waals surface area (Å²) in [4.78, 5) is 0. The van der Waals surface area contributed by atoms with Gasteiger partial charge in [0.15, 0.2) is 0 Å². The van der Waals surface area contributed by atoms with Gasteiger partial charge in [0.2, 0.25) is 0 Å². The van der Waals surface area contributed by atoms with Gasteiger partial charge in [-0.3, -0.25) is 0 Å². The molecule has 0 aliphatic rings. The monoisotopic (exact) mass is 401 g/mol. The van der Waals surface area contributed by atoms with Crippen LogP contribution < -0.4 is 55.0 Å². The second-order valence-electron chi connectivity index (χ2n) is 3.01. The molecule has 0 bridgehead atoms. The Bertz CT molecular complexity index is 512. The van der Waals surface area contributed by atoms with Crippen molar-refractivity contribution in [2.75, 3.05) is 0 Å². The van der Waals surface area contributed by atoms with Crippen molar-refractivity contribution in [3.05, 3.63) is 0 Å². The molecule has 0 aromatic carbocycles. The molecule has 0 saturated heterocycles. The van der Waals surface area contributed by atoms with Crippen molar-refractivity contribution in [1.82, 2.24) is 0 Å². The van der Waals surface area contributed by atoms with E-state index in [1.165, 1.54) is 0 Å². The molecule has 0 spiro atoms. The van der Waals surface area contributed by atoms with E-state index >= 15 is 0 Å². The van der Waals surface area contributed by atoms with Gasteiger partial charge in [-0.2, -0.15) is 0 Å². The van der Waals surface area contributed by atoms with E-state index in [4.69, 9.17) is 10.1 Å². The average Bonchev–Trinajstić information content (AvgIpc) is 0.439. The summed E-state index contributed by atoms with van der Waals surface area (Å²) in [5, 5.41) is 0. The Labute approximate surface area is 94.4 Å². The van der Waals surface area contributed by atoms with Crippen molar-refractivity contribution in [3.8, 4) is 0 Å². The zero-order chi connectivity index (χ0) is 10.3. The van der Waals surface area contributed by atoms with Gasteiger partial charge >= 0.3 is 96.1 Å². The molecule has 0 saturated carbocycles. The van der Waals surface area contributed by atoms with Gasteiger partial charge in [0, 0.05) is 0 Å². The van der Waals surface area contributed by atoms with Gasteiger partial charge < -0.3 is 0 Å². The summed E-state index contributed by atoms with van der Waals surface area (Å²) < 4.78 is 95.9. The summed E-state index contributed by atoms with van der Waals surface area (Å²) in [6, 6.07) is 0. The van der Waals surface area contributed by atoms with Gasteiger partial charge in [0.25, 0.3) is 0 Å². The normalized spacial score (nSPS) is 35.7. The Morgan fingerprint density at radius 1 is 0.750 bits per heavy atom. The van der Waals surface area contributed by atoms with Crippen molar-refractivity contribution in [2.45, 2.75) is 0 Å². The molecule has 0 atom stereocenters. The Balaban J connectivity index is 0. The summed E-state index contributed by atoms with van der Waals surface area (Å²) in [5.74, 6) is 0. The van der Waals surface area contributed by atoms with Gasteiger partial charge in [-0.05, 0) is 0 Å². The van der Waals surface area contributed by atoms with Crippen molar-refractivity contribution in [1.29, 1.82) is 0 Å². The number of hydrogen-bond donors (Lipinski definition) is 0. The van der Waals surface area contributed by atoms with Crippen LogP contribution in [0.3, 0.4) is 0 Å². The van der Waals surface area contributed by atoms with Gasteiger partial charge in [0.1, 0.15) is 0 Å². The first-order valence-corrected chi connectivity index (χ1v) is 14.2. The fourth-order valence-corrected chi connectivity index (χ4v) is 0. The van der Waals surface area contributed by atoms with Crippen LogP contribution >= 0.6 is 0 Å². The van der Waals surface area contributed by atoms with E-state index in [0.717, 1.165) is 0 Å². The molecule has 0 rings (SSSR count). The number of hydrogen-bond acceptors (Lipinski definition) is 3. The van der Waals surface area contributed by atoms with E-state index in [2.05, 4.69) is 0 Å². The minimum absolute atomic E-state index is 0. The van der Waals surface area contributed by atoms with Crippen LogP contribution in [-0.2, 0) is 19.9 Å². The molecular weight excluding hydrogens is 401 g/mol. The van der Waals surface area contributed by atoms with Gasteiger partial charge in [-0.15, -0.1) is 0 Å². The van der Waals surface area contributed by atoms with E-state index in [0.29, 0.717) is 0 Å². The van der Waals surface area contributed by atoms with E-state index < -0.39 is 13.4 Å². The first-order chi connectivity index (χ1) is 3.16. The zero-order valence-corrected chi connectivity index (χ0v) is 11.7. The Hall–Kier alpha value is 1.45. The molecule has 0 heterocycles. The predicted molar refractivity (Wildman–Crippen MR) is 9.13 cm³/mol. The molecule has 3 nitrogen and oxygen atoms in total. The molecular formula is F7KO3Ta. The third-order valence-corrected chi connectivity index (χ3v) is 0. The van der Waals surface area contributed by atoms with Crippen molar-refractivity contribution >= 4 is 0 Å². The summed E-state index contributed by atoms with van der Waals surface area (Å²) >= 11 is -18.7. The second kappa shape index (κ2) is 0.756. The van der Waals surface area contributed by atoms with Crippen LogP contribution in [0.25, 0.3) is 0 Å². The van der Waals surface area contributed by atoms with Gasteiger partial charge in [-0.1, -0.05) is 0 Å². The number of rotatable bonds is 0. The molecule has 12 heavy (non-hydrogen) atoms. The van der Waals surface area contributed by atoms with Crippen LogP contribution in [0.2, 0.25) is 0 Å². The Morgan fingerprint density at radius 2 is 0.750 bits per heavy atom. The molecule has 0 radical (unpaired) electrons. The van der Waals surface area contributed by atoms with Crippen LogP contribution in [-0.4, -0.2) is 0 Å². The van der Waals surface area contributed by atoms with E-state index in [9.17, 15) is 21.2 Å². The van der Waals surface area contributed by atoms with Crippen molar-refractivity contribution in [3.63, 3.8) is 0 Å². The molecule has 0 aromatic heterocycles. The third kappa shape index (κ3) is 597. The molecule has 12 heteroatoms. The van der Waals surface area contributed by atoms with Crippen molar-refractivity contribution in [2.24, 2.45) is 0 Å². The maximum absolute atomic E-state index is 18.7. The fourth-order valence-electron chi connectivity index (χ4n) is 0. The van der Waals surface area contributed by atoms with Crippen LogP contribution in [0.1, 0.15) is 0 Å². The van der Waals surface area contributed by atoms with E-state index in [1.54, 1.807) is 0 Å². The number of halogens is 7. The Kier molecular flexibility index (Phi) is 1.00. The maximum atomic E-state index is 10.3. The van der Waals surface area contributed by atoms with E-state index in [-0.39, 0.29) is 51.4 Å². The molecule has 0 aliphatic heterocycles. The molecule has 0 unspecified atom stereocenters. The minimum atomic E-state index is -18.7. The van der Waals surface area contributed by atoms with E-state index in [1.807, 2.05) is 0 Å². The predicted octanol–water partition coefficient (Wildman–Crippen LogP) is -1.48. The average molecular weight is 401 g/mol. The quantitative estimate of drug-likeness (QED) is 0.368. The van der Waals surface area contributed by atoms with Crippen LogP contribution in [0.4, 0.5) is 21.2 Å². The summed E-state index contributed by atoms with van der Waals surface area (Å²) in [6.45, 7) is 0. The molecule has 0 fully saturated rings. The zero-order valence-electron chi connectivity index (χ0n) is 5.32. The standard InChI is InChI=1S/7FH.K.3O.Ta/h7*1H;;;;;/q;;;;;;;+1;;;-1;+7/p-7. The first kappa shape index (κ1) is 15.9. The third-order valence-electron chi connectivity index (χ3n) is 0. The first-order valence-electron chi connectivity index (χ1n) is 1.73. The molecule has 0 N–H and O–H groups in total. The SMILES string of the molecule is [K+].[O]=[Ta](=[O])([O-])([F])([F])([F])([F])([F])([F])[F]. The molecule has 0 amide bonds. The molecule has 0 aliphatic carbocycles. The van der Waals surface area contributed by atoms with Gasteiger partial charge in [0.05, 0.1) is 0 Å². The van der Waals surface area contributed by atoms with Crippen LogP contribution in [0, 0.1) is 0 Å². The summed E-state index contributed by atoms with van der Waals surface area (Å²) in [7, 11) is 0.